The number of amides is 1. The first kappa shape index (κ1) is 15.8. The minimum atomic E-state index is -0.946. The molecule has 0 saturated carbocycles. The molecule has 0 radical (unpaired) electrons. The van der Waals surface area contributed by atoms with Crippen molar-refractivity contribution in [3.8, 4) is 0 Å². The highest BCUT2D eigenvalue weighted by Gasteiger charge is 2.21. The Hall–Kier alpha value is -1.18. The smallest absolute Gasteiger partial charge is 0.323 e. The Balaban J connectivity index is 4.17. The van der Waals surface area contributed by atoms with Gasteiger partial charge in [0.25, 0.3) is 0 Å². The molecule has 1 atom stereocenters. The maximum Gasteiger partial charge on any atom is 0.323 e. The molecule has 0 saturated heterocycles. The lowest BCUT2D eigenvalue weighted by atomic mass is 10.2. The molecule has 0 aliphatic heterocycles. The lowest BCUT2D eigenvalue weighted by Crippen LogP contribution is -2.41. The lowest BCUT2D eigenvalue weighted by Gasteiger charge is -2.23. The van der Waals surface area contributed by atoms with E-state index < -0.39 is 18.3 Å². The van der Waals surface area contributed by atoms with Gasteiger partial charge in [-0.15, -0.1) is 0 Å². The minimum Gasteiger partial charge on any atom is -0.468 e. The molecule has 0 rings (SSSR count). The number of rotatable bonds is 7. The van der Waals surface area contributed by atoms with Gasteiger partial charge < -0.3 is 24.8 Å². The van der Waals surface area contributed by atoms with Crippen molar-refractivity contribution < 1.29 is 23.8 Å². The number of esters is 1. The van der Waals surface area contributed by atoms with Gasteiger partial charge in [0.05, 0.1) is 20.1 Å². The monoisotopic (exact) mass is 248 g/mol. The van der Waals surface area contributed by atoms with Gasteiger partial charge in [-0.1, -0.05) is 0 Å². The average Bonchev–Trinajstić information content (AvgIpc) is 2.34. The molecule has 1 amide bonds. The molecule has 7 nitrogen and oxygen atoms in total. The van der Waals surface area contributed by atoms with Crippen molar-refractivity contribution in [3.05, 3.63) is 0 Å². The van der Waals surface area contributed by atoms with Crippen LogP contribution in [0.5, 0.6) is 0 Å². The van der Waals surface area contributed by atoms with Gasteiger partial charge in [0.15, 0.2) is 6.29 Å². The summed E-state index contributed by atoms with van der Waals surface area (Å²) in [5, 5.41) is 0. The van der Waals surface area contributed by atoms with Crippen LogP contribution in [0.15, 0.2) is 0 Å². The van der Waals surface area contributed by atoms with Crippen LogP contribution >= 0.6 is 0 Å². The summed E-state index contributed by atoms with van der Waals surface area (Å²) in [7, 11) is 5.76. The molecule has 0 aromatic rings. The third-order valence-corrected chi connectivity index (χ3v) is 2.27. The second-order valence-electron chi connectivity index (χ2n) is 3.51. The van der Waals surface area contributed by atoms with Crippen molar-refractivity contribution >= 4 is 11.9 Å². The van der Waals surface area contributed by atoms with Crippen LogP contribution in [0.2, 0.25) is 0 Å². The van der Waals surface area contributed by atoms with Gasteiger partial charge in [-0.05, 0) is 0 Å². The third kappa shape index (κ3) is 5.62. The van der Waals surface area contributed by atoms with E-state index in [4.69, 9.17) is 15.2 Å². The van der Waals surface area contributed by atoms with E-state index in [-0.39, 0.29) is 18.9 Å². The largest absolute Gasteiger partial charge is 0.468 e. The van der Waals surface area contributed by atoms with E-state index in [0.29, 0.717) is 0 Å². The van der Waals surface area contributed by atoms with Crippen molar-refractivity contribution in [2.45, 2.75) is 18.8 Å². The summed E-state index contributed by atoms with van der Waals surface area (Å²) >= 11 is 0. The Morgan fingerprint density at radius 2 is 1.76 bits per heavy atom. The second kappa shape index (κ2) is 7.99. The van der Waals surface area contributed by atoms with Gasteiger partial charge >= 0.3 is 5.97 Å². The standard InChI is InChI=1S/C10H20N2O5/c1-12(6-9(15-2)16-3)8(13)5-7(11)10(14)17-4/h7,9H,5-6,11H2,1-4H3/t7-/m0/s1. The van der Waals surface area contributed by atoms with Gasteiger partial charge in [0.1, 0.15) is 6.04 Å². The number of hydrogen-bond acceptors (Lipinski definition) is 6. The van der Waals surface area contributed by atoms with Crippen LogP contribution in [0.4, 0.5) is 0 Å². The van der Waals surface area contributed by atoms with E-state index in [0.717, 1.165) is 0 Å². The van der Waals surface area contributed by atoms with Crippen molar-refractivity contribution in [3.63, 3.8) is 0 Å². The van der Waals surface area contributed by atoms with Gasteiger partial charge in [-0.2, -0.15) is 0 Å². The topological polar surface area (TPSA) is 91.1 Å². The van der Waals surface area contributed by atoms with Crippen LogP contribution in [0.3, 0.4) is 0 Å². The van der Waals surface area contributed by atoms with E-state index in [1.165, 1.54) is 26.2 Å². The molecule has 0 heterocycles. The highest BCUT2D eigenvalue weighted by molar-refractivity contribution is 5.84. The van der Waals surface area contributed by atoms with Crippen LogP contribution in [-0.4, -0.2) is 64.0 Å². The normalized spacial score (nSPS) is 12.4. The van der Waals surface area contributed by atoms with Crippen LogP contribution in [-0.2, 0) is 23.8 Å². The molecular weight excluding hydrogens is 228 g/mol. The van der Waals surface area contributed by atoms with Crippen molar-refractivity contribution in [2.24, 2.45) is 5.73 Å². The summed E-state index contributed by atoms with van der Waals surface area (Å²) in [6.07, 6.45) is -0.609. The van der Waals surface area contributed by atoms with E-state index in [2.05, 4.69) is 4.74 Å². The molecule has 0 aliphatic carbocycles. The van der Waals surface area contributed by atoms with Crippen LogP contribution in [0.25, 0.3) is 0 Å². The predicted molar refractivity (Wildman–Crippen MR) is 60.1 cm³/mol. The van der Waals surface area contributed by atoms with Crippen molar-refractivity contribution in [2.75, 3.05) is 34.9 Å². The number of ether oxygens (including phenoxy) is 3. The van der Waals surface area contributed by atoms with Crippen LogP contribution in [0, 0.1) is 0 Å². The van der Waals surface area contributed by atoms with Gasteiger partial charge in [0, 0.05) is 21.3 Å². The van der Waals surface area contributed by atoms with E-state index >= 15 is 0 Å². The molecule has 0 spiro atoms. The van der Waals surface area contributed by atoms with Crippen LogP contribution in [0.1, 0.15) is 6.42 Å². The molecule has 100 valence electrons. The number of nitrogens with zero attached hydrogens (tertiary/aromatic N) is 1. The van der Waals surface area contributed by atoms with Gasteiger partial charge in [-0.3, -0.25) is 9.59 Å². The second-order valence-corrected chi connectivity index (χ2v) is 3.51. The molecule has 0 fully saturated rings. The molecule has 0 aliphatic rings. The number of nitrogens with two attached hydrogens (primary N) is 1. The lowest BCUT2D eigenvalue weighted by molar-refractivity contribution is -0.148. The molecular formula is C10H20N2O5. The summed E-state index contributed by atoms with van der Waals surface area (Å²) in [5.41, 5.74) is 5.48. The van der Waals surface area contributed by atoms with Gasteiger partial charge in [-0.25, -0.2) is 0 Å². The molecule has 0 unspecified atom stereocenters. The highest BCUT2D eigenvalue weighted by Crippen LogP contribution is 2.00. The van der Waals surface area contributed by atoms with E-state index in [9.17, 15) is 9.59 Å². The quantitative estimate of drug-likeness (QED) is 0.457. The maximum atomic E-state index is 11.7. The Bertz CT molecular complexity index is 255. The van der Waals surface area contributed by atoms with Crippen LogP contribution < -0.4 is 5.73 Å². The van der Waals surface area contributed by atoms with E-state index in [1.54, 1.807) is 7.05 Å². The first-order chi connectivity index (χ1) is 7.96. The Kier molecular flexibility index (Phi) is 7.44. The summed E-state index contributed by atoms with van der Waals surface area (Å²) in [5.74, 6) is -0.885. The Labute approximate surface area is 101 Å². The first-order valence-corrected chi connectivity index (χ1v) is 5.09. The van der Waals surface area contributed by atoms with Gasteiger partial charge in [0.2, 0.25) is 5.91 Å². The number of methoxy groups -OCH3 is 3. The first-order valence-electron chi connectivity index (χ1n) is 5.09. The highest BCUT2D eigenvalue weighted by atomic mass is 16.7. The van der Waals surface area contributed by atoms with E-state index in [1.807, 2.05) is 0 Å². The summed E-state index contributed by atoms with van der Waals surface area (Å²) in [4.78, 5) is 24.1. The molecule has 17 heavy (non-hydrogen) atoms. The molecule has 0 aromatic carbocycles. The molecule has 0 bridgehead atoms. The number of carbonyl (C=O) groups excluding carboxylic acids is 2. The zero-order valence-corrected chi connectivity index (χ0v) is 10.6. The number of carbonyl (C=O) groups is 2. The summed E-state index contributed by atoms with van der Waals surface area (Å²) in [6.45, 7) is 0.264. The maximum absolute atomic E-state index is 11.7. The molecule has 0 aromatic heterocycles. The predicted octanol–water partition coefficient (Wildman–Crippen LogP) is -1.05. The Morgan fingerprint density at radius 3 is 2.18 bits per heavy atom. The van der Waals surface area contributed by atoms with Crippen molar-refractivity contribution in [1.29, 1.82) is 0 Å². The summed E-state index contributed by atoms with van der Waals surface area (Å²) < 4.78 is 14.3. The van der Waals surface area contributed by atoms with Crippen molar-refractivity contribution in [1.82, 2.24) is 4.90 Å². The zero-order chi connectivity index (χ0) is 13.4. The fourth-order valence-electron chi connectivity index (χ4n) is 1.15. The number of hydrogen-bond donors (Lipinski definition) is 1. The fourth-order valence-corrected chi connectivity index (χ4v) is 1.15. The third-order valence-electron chi connectivity index (χ3n) is 2.27. The zero-order valence-electron chi connectivity index (χ0n) is 10.6. The fraction of sp³-hybridized carbons (Fsp3) is 0.800. The minimum absolute atomic E-state index is 0.108. The Morgan fingerprint density at radius 1 is 1.24 bits per heavy atom. The molecule has 2 N–H and O–H groups in total. The molecule has 7 heteroatoms. The number of likely N-dealkylation sites (N-methyl/N-ethyl adjacent to an activating group) is 1. The SMILES string of the molecule is COC(=O)[C@@H](N)CC(=O)N(C)CC(OC)OC. The average molecular weight is 248 g/mol. The summed E-state index contributed by atoms with van der Waals surface area (Å²) in [6, 6.07) is -0.946.